The number of halogens is 3. The van der Waals surface area contributed by atoms with Crippen LogP contribution in [0.15, 0.2) is 60.9 Å². The Morgan fingerprint density at radius 2 is 1.97 bits per heavy atom. The molecule has 1 heterocycles. The molecular weight excluding hydrogens is 397 g/mol. The number of amides is 2. The van der Waals surface area contributed by atoms with Crippen LogP contribution >= 0.6 is 0 Å². The summed E-state index contributed by atoms with van der Waals surface area (Å²) in [6, 6.07) is 10.9. The third kappa shape index (κ3) is 5.11. The van der Waals surface area contributed by atoms with Gasteiger partial charge in [0.25, 0.3) is 0 Å². The first-order valence-electron chi connectivity index (χ1n) is 9.09. The number of benzene rings is 2. The number of rotatable bonds is 6. The second-order valence-corrected chi connectivity index (χ2v) is 6.63. The van der Waals surface area contributed by atoms with Crippen molar-refractivity contribution in [3.63, 3.8) is 0 Å². The summed E-state index contributed by atoms with van der Waals surface area (Å²) in [6.07, 6.45) is -1.07. The molecule has 0 saturated heterocycles. The smallest absolute Gasteiger partial charge is 0.416 e. The molecule has 3 rings (SSSR count). The lowest BCUT2D eigenvalue weighted by Gasteiger charge is -2.20. The first kappa shape index (κ1) is 21.2. The van der Waals surface area contributed by atoms with Crippen molar-refractivity contribution in [2.24, 2.45) is 7.05 Å². The monoisotopic (exact) mass is 418 g/mol. The molecule has 0 spiro atoms. The second-order valence-electron chi connectivity index (χ2n) is 6.63. The Morgan fingerprint density at radius 1 is 1.20 bits per heavy atom. The molecule has 0 aliphatic carbocycles. The zero-order chi connectivity index (χ0) is 21.7. The van der Waals surface area contributed by atoms with Gasteiger partial charge in [-0.05, 0) is 35.4 Å². The van der Waals surface area contributed by atoms with E-state index < -0.39 is 23.8 Å². The number of nitrogens with one attached hydrogen (secondary N) is 2. The number of urea groups is 1. The van der Waals surface area contributed by atoms with Crippen LogP contribution in [0, 0.1) is 0 Å². The number of carbonyl (C=O) groups is 1. The summed E-state index contributed by atoms with van der Waals surface area (Å²) >= 11 is 0. The third-order valence-electron chi connectivity index (χ3n) is 4.53. The van der Waals surface area contributed by atoms with Crippen LogP contribution < -0.4 is 15.4 Å². The number of carbonyl (C=O) groups excluding carboxylic acids is 1. The first-order valence-corrected chi connectivity index (χ1v) is 9.09. The lowest BCUT2D eigenvalue weighted by Crippen LogP contribution is -2.39. The zero-order valence-electron chi connectivity index (χ0n) is 16.4. The van der Waals surface area contributed by atoms with E-state index in [9.17, 15) is 18.0 Å². The maximum atomic E-state index is 12.9. The van der Waals surface area contributed by atoms with Crippen LogP contribution in [-0.4, -0.2) is 22.7 Å². The van der Waals surface area contributed by atoms with E-state index in [0.717, 1.165) is 17.7 Å². The Balaban J connectivity index is 1.75. The molecule has 0 unspecified atom stereocenters. The van der Waals surface area contributed by atoms with E-state index in [1.54, 1.807) is 49.3 Å². The van der Waals surface area contributed by atoms with Crippen LogP contribution in [0.25, 0.3) is 0 Å². The van der Waals surface area contributed by atoms with E-state index in [1.165, 1.54) is 12.1 Å². The van der Waals surface area contributed by atoms with Crippen LogP contribution in [0.4, 0.5) is 18.0 Å². The van der Waals surface area contributed by atoms with Crippen LogP contribution in [0.2, 0.25) is 0 Å². The number of hydrogen-bond acceptors (Lipinski definition) is 3. The molecule has 158 valence electrons. The maximum absolute atomic E-state index is 12.9. The number of hydrogen-bond donors (Lipinski definition) is 2. The van der Waals surface area contributed by atoms with Crippen LogP contribution in [0.3, 0.4) is 0 Å². The molecule has 2 amide bonds. The summed E-state index contributed by atoms with van der Waals surface area (Å²) in [5, 5.41) is 5.43. The summed E-state index contributed by atoms with van der Waals surface area (Å²) in [5.74, 6) is 1.22. The summed E-state index contributed by atoms with van der Waals surface area (Å²) in [7, 11) is 3.35. The molecule has 2 N–H and O–H groups in total. The van der Waals surface area contributed by atoms with Gasteiger partial charge in [0.05, 0.1) is 12.7 Å². The summed E-state index contributed by atoms with van der Waals surface area (Å²) in [5.41, 5.74) is 0.331. The number of aromatic nitrogens is 2. The van der Waals surface area contributed by atoms with Crippen molar-refractivity contribution >= 4 is 6.03 Å². The molecule has 0 aliphatic rings. The Kier molecular flexibility index (Phi) is 6.29. The standard InChI is InChI=1S/C21H21F3N4O2/c1-28-10-9-25-19(28)18(15-6-4-8-17(12-15)30-2)27-20(29)26-13-14-5-3-7-16(11-14)21(22,23)24/h3-12,18H,13H2,1-2H3,(H2,26,27,29)/t18-/m0/s1. The van der Waals surface area contributed by atoms with E-state index in [1.807, 2.05) is 6.07 Å². The molecule has 0 bridgehead atoms. The molecule has 1 atom stereocenters. The number of alkyl halides is 3. The maximum Gasteiger partial charge on any atom is 0.416 e. The summed E-state index contributed by atoms with van der Waals surface area (Å²) in [4.78, 5) is 16.8. The second kappa shape index (κ2) is 8.89. The molecule has 9 heteroatoms. The average Bonchev–Trinajstić information content (AvgIpc) is 3.15. The van der Waals surface area contributed by atoms with Gasteiger partial charge in [0, 0.05) is 26.0 Å². The van der Waals surface area contributed by atoms with E-state index in [0.29, 0.717) is 17.1 Å². The van der Waals surface area contributed by atoms with Crippen LogP contribution in [-0.2, 0) is 19.8 Å². The minimum Gasteiger partial charge on any atom is -0.497 e. The minimum absolute atomic E-state index is 0.0544. The van der Waals surface area contributed by atoms with E-state index in [-0.39, 0.29) is 6.54 Å². The van der Waals surface area contributed by atoms with Gasteiger partial charge in [-0.1, -0.05) is 24.3 Å². The predicted molar refractivity (Wildman–Crippen MR) is 105 cm³/mol. The topological polar surface area (TPSA) is 68.2 Å². The normalized spacial score (nSPS) is 12.3. The lowest BCUT2D eigenvalue weighted by molar-refractivity contribution is -0.137. The molecule has 30 heavy (non-hydrogen) atoms. The van der Waals surface area contributed by atoms with Gasteiger partial charge in [-0.25, -0.2) is 9.78 Å². The fraction of sp³-hybridized carbons (Fsp3) is 0.238. The van der Waals surface area contributed by atoms with Gasteiger partial charge in [0.1, 0.15) is 17.6 Å². The number of methoxy groups -OCH3 is 1. The molecule has 0 aliphatic heterocycles. The van der Waals surface area contributed by atoms with Gasteiger partial charge < -0.3 is 19.9 Å². The van der Waals surface area contributed by atoms with Crippen LogP contribution in [0.1, 0.15) is 28.6 Å². The van der Waals surface area contributed by atoms with Crippen LogP contribution in [0.5, 0.6) is 5.75 Å². The first-order chi connectivity index (χ1) is 14.3. The fourth-order valence-electron chi connectivity index (χ4n) is 3.00. The molecule has 0 saturated carbocycles. The molecule has 0 radical (unpaired) electrons. The van der Waals surface area contributed by atoms with Crippen molar-refractivity contribution in [1.82, 2.24) is 20.2 Å². The van der Waals surface area contributed by atoms with E-state index >= 15 is 0 Å². The summed E-state index contributed by atoms with van der Waals surface area (Å²) in [6.45, 7) is -0.0544. The number of aryl methyl sites for hydroxylation is 1. The van der Waals surface area contributed by atoms with E-state index in [2.05, 4.69) is 15.6 Å². The van der Waals surface area contributed by atoms with Crippen molar-refractivity contribution < 1.29 is 22.7 Å². The van der Waals surface area contributed by atoms with Gasteiger partial charge in [0.2, 0.25) is 0 Å². The highest BCUT2D eigenvalue weighted by Crippen LogP contribution is 2.29. The highest BCUT2D eigenvalue weighted by atomic mass is 19.4. The number of ether oxygens (including phenoxy) is 1. The van der Waals surface area contributed by atoms with Crippen molar-refractivity contribution in [3.8, 4) is 5.75 Å². The van der Waals surface area contributed by atoms with Crippen molar-refractivity contribution in [2.45, 2.75) is 18.8 Å². The number of imidazole rings is 1. The highest BCUT2D eigenvalue weighted by molar-refractivity contribution is 5.75. The Hall–Kier alpha value is -3.49. The van der Waals surface area contributed by atoms with Gasteiger partial charge in [-0.15, -0.1) is 0 Å². The van der Waals surface area contributed by atoms with Crippen molar-refractivity contribution in [2.75, 3.05) is 7.11 Å². The van der Waals surface area contributed by atoms with E-state index in [4.69, 9.17) is 4.74 Å². The molecular formula is C21H21F3N4O2. The van der Waals surface area contributed by atoms with Gasteiger partial charge in [-0.3, -0.25) is 0 Å². The fourth-order valence-corrected chi connectivity index (χ4v) is 3.00. The predicted octanol–water partition coefficient (Wildman–Crippen LogP) is 4.04. The largest absolute Gasteiger partial charge is 0.497 e. The molecule has 1 aromatic heterocycles. The average molecular weight is 418 g/mol. The Bertz CT molecular complexity index is 1020. The van der Waals surface area contributed by atoms with Crippen molar-refractivity contribution in [3.05, 3.63) is 83.4 Å². The molecule has 0 fully saturated rings. The van der Waals surface area contributed by atoms with Gasteiger partial charge >= 0.3 is 12.2 Å². The third-order valence-corrected chi connectivity index (χ3v) is 4.53. The molecule has 2 aromatic carbocycles. The van der Waals surface area contributed by atoms with Gasteiger partial charge in [0.15, 0.2) is 0 Å². The van der Waals surface area contributed by atoms with Gasteiger partial charge in [-0.2, -0.15) is 13.2 Å². The van der Waals surface area contributed by atoms with Crippen molar-refractivity contribution in [1.29, 1.82) is 0 Å². The quantitative estimate of drug-likeness (QED) is 0.635. The lowest BCUT2D eigenvalue weighted by atomic mass is 10.1. The Labute approximate surface area is 171 Å². The minimum atomic E-state index is -4.44. The number of nitrogens with zero attached hydrogens (tertiary/aromatic N) is 2. The zero-order valence-corrected chi connectivity index (χ0v) is 16.4. The SMILES string of the molecule is COc1cccc([C@H](NC(=O)NCc2cccc(C(F)(F)F)c2)c2nccn2C)c1. The highest BCUT2D eigenvalue weighted by Gasteiger charge is 2.30. The Morgan fingerprint density at radius 3 is 2.63 bits per heavy atom. The summed E-state index contributed by atoms with van der Waals surface area (Å²) < 4.78 is 45.6. The molecule has 3 aromatic rings. The molecule has 6 nitrogen and oxygen atoms in total.